The third-order valence-corrected chi connectivity index (χ3v) is 12.2. The number of hydrogen-bond acceptors (Lipinski definition) is 4. The minimum Gasteiger partial charge on any atom is -0.458 e. The molecule has 1 N–H and O–H groups in total. The van der Waals surface area contributed by atoms with Gasteiger partial charge in [-0.05, 0) is 97.8 Å². The van der Waals surface area contributed by atoms with Crippen molar-refractivity contribution in [2.45, 2.75) is 78.2 Å². The number of carbonyl (C=O) groups is 2. The summed E-state index contributed by atoms with van der Waals surface area (Å²) in [6.45, 7) is 7.17. The molecular weight excluding hydrogens is 486 g/mol. The highest BCUT2D eigenvalue weighted by atomic mass is 16.5. The first kappa shape index (κ1) is 25.0. The van der Waals surface area contributed by atoms with Gasteiger partial charge in [-0.1, -0.05) is 39.0 Å². The molecule has 0 aliphatic heterocycles. The number of aromatic amines is 1. The molecule has 0 saturated heterocycles. The normalized spacial score (nSPS) is 37.8. The van der Waals surface area contributed by atoms with E-state index in [-0.39, 0.29) is 28.3 Å². The van der Waals surface area contributed by atoms with Crippen LogP contribution in [0.1, 0.15) is 82.5 Å². The van der Waals surface area contributed by atoms with Crippen LogP contribution in [0.5, 0.6) is 0 Å². The summed E-state index contributed by atoms with van der Waals surface area (Å²) in [4.78, 5) is 42.6. The summed E-state index contributed by atoms with van der Waals surface area (Å²) >= 11 is 0. The molecule has 8 atom stereocenters. The monoisotopic (exact) mass is 525 g/mol. The van der Waals surface area contributed by atoms with E-state index in [0.717, 1.165) is 50.5 Å². The standard InChI is InChI=1S/C34H39NO4/c1-19-17-21(36)18-20-11-12-22-26-13-14-29(33(26,2)16-15-27(22)34(19,20)3)39-32(38)25-9-6-8-24-30(25)35-28-10-5-4-7-23(28)31(24)37/h4-10,19-20,22,26-27,29H,11-18H2,1-3H3,(H,35,37)/t19-,20-,22-,26-,27-,29?,33-,34-/m0/s1. The van der Waals surface area contributed by atoms with Crippen molar-refractivity contribution in [1.29, 1.82) is 0 Å². The molecule has 5 heteroatoms. The summed E-state index contributed by atoms with van der Waals surface area (Å²) < 4.78 is 6.37. The Morgan fingerprint density at radius 3 is 2.54 bits per heavy atom. The number of aromatic nitrogens is 1. The summed E-state index contributed by atoms with van der Waals surface area (Å²) in [5, 5.41) is 1.14. The van der Waals surface area contributed by atoms with Crippen molar-refractivity contribution in [1.82, 2.24) is 4.98 Å². The lowest BCUT2D eigenvalue weighted by Crippen LogP contribution is -2.56. The molecule has 1 aromatic heterocycles. The highest BCUT2D eigenvalue weighted by Gasteiger charge is 2.62. The Morgan fingerprint density at radius 1 is 0.897 bits per heavy atom. The Balaban J connectivity index is 1.17. The van der Waals surface area contributed by atoms with E-state index in [2.05, 4.69) is 25.8 Å². The molecule has 0 radical (unpaired) electrons. The van der Waals surface area contributed by atoms with Crippen molar-refractivity contribution >= 4 is 33.6 Å². The molecule has 3 aromatic rings. The number of pyridine rings is 1. The van der Waals surface area contributed by atoms with Crippen molar-refractivity contribution < 1.29 is 14.3 Å². The lowest BCUT2D eigenvalue weighted by atomic mass is 9.43. The molecule has 4 aliphatic carbocycles. The molecule has 1 heterocycles. The average Bonchev–Trinajstić information content (AvgIpc) is 3.25. The molecule has 4 aliphatic rings. The zero-order valence-electron chi connectivity index (χ0n) is 23.3. The number of carbonyl (C=O) groups excluding carboxylic acids is 2. The Bertz CT molecular complexity index is 1560. The molecule has 4 saturated carbocycles. The molecule has 7 rings (SSSR count). The van der Waals surface area contributed by atoms with Crippen molar-refractivity contribution in [3.8, 4) is 0 Å². The van der Waals surface area contributed by atoms with Gasteiger partial charge < -0.3 is 9.72 Å². The largest absolute Gasteiger partial charge is 0.458 e. The number of Topliss-reactive ketones (excluding diaryl/α,β-unsaturated/α-hetero) is 1. The van der Waals surface area contributed by atoms with Crippen molar-refractivity contribution in [2.75, 3.05) is 0 Å². The molecule has 39 heavy (non-hydrogen) atoms. The number of ketones is 1. The average molecular weight is 526 g/mol. The summed E-state index contributed by atoms with van der Waals surface area (Å²) in [5.74, 6) is 2.94. The van der Waals surface area contributed by atoms with Crippen molar-refractivity contribution in [3.05, 3.63) is 58.3 Å². The molecular formula is C34H39NO4. The lowest BCUT2D eigenvalue weighted by molar-refractivity contribution is -0.154. The van der Waals surface area contributed by atoms with Gasteiger partial charge in [0.1, 0.15) is 11.9 Å². The maximum atomic E-state index is 13.7. The zero-order chi connectivity index (χ0) is 27.1. The summed E-state index contributed by atoms with van der Waals surface area (Å²) in [6, 6.07) is 12.8. The van der Waals surface area contributed by atoms with Gasteiger partial charge in [-0.2, -0.15) is 0 Å². The summed E-state index contributed by atoms with van der Waals surface area (Å²) in [6.07, 6.45) is 7.96. The molecule has 204 valence electrons. The van der Waals surface area contributed by atoms with E-state index >= 15 is 0 Å². The van der Waals surface area contributed by atoms with Crippen LogP contribution in [-0.2, 0) is 9.53 Å². The van der Waals surface area contributed by atoms with E-state index < -0.39 is 0 Å². The highest BCUT2D eigenvalue weighted by Crippen LogP contribution is 2.67. The van der Waals surface area contributed by atoms with E-state index in [1.165, 1.54) is 6.42 Å². The summed E-state index contributed by atoms with van der Waals surface area (Å²) in [7, 11) is 0. The van der Waals surface area contributed by atoms with E-state index in [1.54, 1.807) is 18.2 Å². The van der Waals surface area contributed by atoms with Gasteiger partial charge in [0.05, 0.1) is 11.1 Å². The number of H-pyrrole nitrogens is 1. The Labute approximate surface area is 229 Å². The van der Waals surface area contributed by atoms with Crippen molar-refractivity contribution in [2.24, 2.45) is 40.4 Å². The quantitative estimate of drug-likeness (QED) is 0.287. The fourth-order valence-electron chi connectivity index (χ4n) is 9.93. The summed E-state index contributed by atoms with van der Waals surface area (Å²) in [5.41, 5.74) is 1.86. The lowest BCUT2D eigenvalue weighted by Gasteiger charge is -2.62. The Kier molecular flexibility index (Phi) is 5.64. The molecule has 4 fully saturated rings. The van der Waals surface area contributed by atoms with Crippen LogP contribution in [0.15, 0.2) is 47.3 Å². The van der Waals surface area contributed by atoms with Gasteiger partial charge in [-0.3, -0.25) is 9.59 Å². The van der Waals surface area contributed by atoms with Crippen LogP contribution in [0, 0.1) is 40.4 Å². The number of ether oxygens (including phenoxy) is 1. The Morgan fingerprint density at radius 2 is 1.69 bits per heavy atom. The van der Waals surface area contributed by atoms with Crippen LogP contribution in [0.25, 0.3) is 21.8 Å². The van der Waals surface area contributed by atoms with E-state index in [9.17, 15) is 14.4 Å². The number of nitrogens with one attached hydrogen (secondary N) is 1. The topological polar surface area (TPSA) is 76.2 Å². The molecule has 5 nitrogen and oxygen atoms in total. The third kappa shape index (κ3) is 3.54. The van der Waals surface area contributed by atoms with Gasteiger partial charge in [0, 0.05) is 34.5 Å². The maximum Gasteiger partial charge on any atom is 0.340 e. The smallest absolute Gasteiger partial charge is 0.340 e. The van der Waals surface area contributed by atoms with Gasteiger partial charge in [0.2, 0.25) is 0 Å². The van der Waals surface area contributed by atoms with Crippen LogP contribution in [0.4, 0.5) is 0 Å². The number of benzene rings is 2. The number of fused-ring (bicyclic) bond motifs is 7. The highest BCUT2D eigenvalue weighted by molar-refractivity contribution is 6.05. The Hall–Kier alpha value is -2.95. The fraction of sp³-hybridized carbons (Fsp3) is 0.559. The molecule has 0 bridgehead atoms. The predicted molar refractivity (Wildman–Crippen MR) is 153 cm³/mol. The van der Waals surface area contributed by atoms with Gasteiger partial charge in [-0.25, -0.2) is 4.79 Å². The maximum absolute atomic E-state index is 13.7. The third-order valence-electron chi connectivity index (χ3n) is 12.2. The number of para-hydroxylation sites is 2. The molecule has 0 spiro atoms. The van der Waals surface area contributed by atoms with Gasteiger partial charge in [0.15, 0.2) is 5.43 Å². The number of hydrogen-bond donors (Lipinski definition) is 1. The molecule has 2 aromatic carbocycles. The van der Waals surface area contributed by atoms with Gasteiger partial charge in [0.25, 0.3) is 0 Å². The zero-order valence-corrected chi connectivity index (χ0v) is 23.3. The second kappa shape index (κ2) is 8.78. The minimum atomic E-state index is -0.337. The van der Waals surface area contributed by atoms with Crippen LogP contribution < -0.4 is 5.43 Å². The molecule has 0 amide bonds. The van der Waals surface area contributed by atoms with Crippen LogP contribution in [-0.4, -0.2) is 22.8 Å². The van der Waals surface area contributed by atoms with E-state index in [0.29, 0.717) is 57.2 Å². The fourth-order valence-corrected chi connectivity index (χ4v) is 9.93. The number of rotatable bonds is 2. The van der Waals surface area contributed by atoms with Crippen LogP contribution >= 0.6 is 0 Å². The second-order valence-corrected chi connectivity index (χ2v) is 13.6. The predicted octanol–water partition coefficient (Wildman–Crippen LogP) is 7.06. The first-order valence-electron chi connectivity index (χ1n) is 15.0. The first-order chi connectivity index (χ1) is 18.7. The van der Waals surface area contributed by atoms with Gasteiger partial charge >= 0.3 is 5.97 Å². The number of esters is 1. The minimum absolute atomic E-state index is 0.0293. The SMILES string of the molecule is C[C@H]1CC(=O)C[C@@H]2CC[C@@H]3[C@H](CC[C@]4(C)C(OC(=O)c5cccc6c(=O)c7ccccc7[nH]c56)CC[C@@H]34)[C@]21C. The van der Waals surface area contributed by atoms with Crippen LogP contribution in [0.2, 0.25) is 0 Å². The molecule has 1 unspecified atom stereocenters. The van der Waals surface area contributed by atoms with E-state index in [1.807, 2.05) is 24.3 Å². The van der Waals surface area contributed by atoms with Gasteiger partial charge in [-0.15, -0.1) is 0 Å². The first-order valence-corrected chi connectivity index (χ1v) is 15.0. The van der Waals surface area contributed by atoms with E-state index in [4.69, 9.17) is 4.74 Å². The van der Waals surface area contributed by atoms with Crippen LogP contribution in [0.3, 0.4) is 0 Å². The second-order valence-electron chi connectivity index (χ2n) is 13.6. The van der Waals surface area contributed by atoms with Crippen molar-refractivity contribution in [3.63, 3.8) is 0 Å².